The Hall–Kier alpha value is 0.440. The smallest absolute Gasteiger partial charge is 0.00317 e. The lowest BCUT2D eigenvalue weighted by molar-refractivity contribution is 0.346. The van der Waals surface area contributed by atoms with Gasteiger partial charge in [0, 0.05) is 5.33 Å². The van der Waals surface area contributed by atoms with E-state index in [9.17, 15) is 0 Å². The van der Waals surface area contributed by atoms with E-state index in [-0.39, 0.29) is 0 Å². The van der Waals surface area contributed by atoms with E-state index < -0.39 is 0 Å². The van der Waals surface area contributed by atoms with Crippen LogP contribution in [0.15, 0.2) is 0 Å². The third kappa shape index (κ3) is 6.32. The Kier molecular flexibility index (Phi) is 6.88. The van der Waals surface area contributed by atoms with Crippen molar-refractivity contribution in [3.8, 4) is 0 Å². The van der Waals surface area contributed by atoms with Gasteiger partial charge in [0.15, 0.2) is 0 Å². The first-order valence-electron chi connectivity index (χ1n) is 3.55. The minimum absolute atomic E-state index is 1.14. The summed E-state index contributed by atoms with van der Waals surface area (Å²) in [6.45, 7) is 4.60. The van der Waals surface area contributed by atoms with Gasteiger partial charge in [0.05, 0.1) is 0 Å². The zero-order valence-electron chi connectivity index (χ0n) is 6.36. The average Bonchev–Trinajstić information content (AvgIpc) is 1.89. The quantitative estimate of drug-likeness (QED) is 0.478. The molecule has 0 aromatic heterocycles. The predicted molar refractivity (Wildman–Crippen MR) is 46.2 cm³/mol. The Morgan fingerprint density at radius 2 is 2.00 bits per heavy atom. The van der Waals surface area contributed by atoms with Gasteiger partial charge < -0.3 is 4.90 Å². The molecule has 0 aromatic rings. The van der Waals surface area contributed by atoms with Crippen molar-refractivity contribution in [1.82, 2.24) is 4.90 Å². The highest BCUT2D eigenvalue weighted by molar-refractivity contribution is 9.09. The highest BCUT2D eigenvalue weighted by Gasteiger charge is 1.91. The molecule has 0 bridgehead atoms. The van der Waals surface area contributed by atoms with E-state index in [0.29, 0.717) is 0 Å². The van der Waals surface area contributed by atoms with Crippen LogP contribution in [0.1, 0.15) is 19.8 Å². The lowest BCUT2D eigenvalue weighted by atomic mass is 10.3. The zero-order chi connectivity index (χ0) is 7.11. The fourth-order valence-electron chi connectivity index (χ4n) is 0.634. The minimum Gasteiger partial charge on any atom is -0.307 e. The fourth-order valence-corrected chi connectivity index (χ4v) is 1.03. The lowest BCUT2D eigenvalue weighted by Crippen LogP contribution is -2.18. The van der Waals surface area contributed by atoms with Crippen LogP contribution in [0, 0.1) is 0 Å². The lowest BCUT2D eigenvalue weighted by Gasteiger charge is -2.11. The van der Waals surface area contributed by atoms with Gasteiger partial charge >= 0.3 is 0 Å². The second-order valence-corrected chi connectivity index (χ2v) is 3.08. The summed E-state index contributed by atoms with van der Waals surface area (Å²) in [5.74, 6) is 0. The molecule has 0 saturated heterocycles. The molecule has 0 saturated carbocycles. The van der Waals surface area contributed by atoms with Crippen LogP contribution in [0.5, 0.6) is 0 Å². The maximum atomic E-state index is 3.40. The Balaban J connectivity index is 2.88. The van der Waals surface area contributed by atoms with Crippen molar-refractivity contribution in [1.29, 1.82) is 0 Å². The highest BCUT2D eigenvalue weighted by atomic mass is 79.9. The number of nitrogens with zero attached hydrogens (tertiary/aromatic N) is 1. The van der Waals surface area contributed by atoms with Crippen LogP contribution in [-0.4, -0.2) is 30.4 Å². The number of halogens is 1. The van der Waals surface area contributed by atoms with Crippen molar-refractivity contribution < 1.29 is 0 Å². The molecule has 56 valence electrons. The van der Waals surface area contributed by atoms with Gasteiger partial charge in [-0.2, -0.15) is 0 Å². The molecule has 0 aliphatic rings. The molecule has 0 fully saturated rings. The van der Waals surface area contributed by atoms with Gasteiger partial charge in [-0.25, -0.2) is 0 Å². The molecule has 0 radical (unpaired) electrons. The van der Waals surface area contributed by atoms with Crippen molar-refractivity contribution in [2.45, 2.75) is 19.8 Å². The summed E-state index contributed by atoms with van der Waals surface area (Å²) in [6, 6.07) is 0. The van der Waals surface area contributed by atoms with E-state index in [2.05, 4.69) is 34.8 Å². The van der Waals surface area contributed by atoms with Crippen LogP contribution < -0.4 is 0 Å². The Bertz CT molecular complexity index is 56.9. The van der Waals surface area contributed by atoms with E-state index >= 15 is 0 Å². The zero-order valence-corrected chi connectivity index (χ0v) is 7.95. The summed E-state index contributed by atoms with van der Waals surface area (Å²) in [6.07, 6.45) is 2.61. The van der Waals surface area contributed by atoms with Gasteiger partial charge in [0.1, 0.15) is 0 Å². The van der Waals surface area contributed by atoms with Gasteiger partial charge in [0.2, 0.25) is 0 Å². The first-order chi connectivity index (χ1) is 4.31. The molecule has 2 heteroatoms. The number of hydrogen-bond donors (Lipinski definition) is 0. The molecule has 0 rings (SSSR count). The minimum atomic E-state index is 1.14. The maximum absolute atomic E-state index is 3.40. The number of unbranched alkanes of at least 4 members (excludes halogenated alkanes) is 1. The molecular formula is C7H16BrN. The summed E-state index contributed by atoms with van der Waals surface area (Å²) in [5, 5.41) is 1.14. The molecule has 0 spiro atoms. The topological polar surface area (TPSA) is 3.24 Å². The molecule has 9 heavy (non-hydrogen) atoms. The highest BCUT2D eigenvalue weighted by Crippen LogP contribution is 1.95. The summed E-state index contributed by atoms with van der Waals surface area (Å²) in [4.78, 5) is 2.34. The van der Waals surface area contributed by atoms with E-state index in [0.717, 1.165) is 5.33 Å². The van der Waals surface area contributed by atoms with Crippen molar-refractivity contribution >= 4 is 15.9 Å². The summed E-state index contributed by atoms with van der Waals surface area (Å²) in [5.41, 5.74) is 0. The molecule has 0 amide bonds. The van der Waals surface area contributed by atoms with Crippen LogP contribution in [0.3, 0.4) is 0 Å². The molecule has 0 aromatic carbocycles. The molecule has 0 unspecified atom stereocenters. The van der Waals surface area contributed by atoms with Crippen molar-refractivity contribution in [2.75, 3.05) is 25.5 Å². The normalized spacial score (nSPS) is 10.7. The van der Waals surface area contributed by atoms with E-state index in [1.165, 1.54) is 25.9 Å². The summed E-state index contributed by atoms with van der Waals surface area (Å²) < 4.78 is 0. The fraction of sp³-hybridized carbons (Fsp3) is 1.00. The van der Waals surface area contributed by atoms with Crippen LogP contribution in [0.25, 0.3) is 0 Å². The average molecular weight is 194 g/mol. The summed E-state index contributed by atoms with van der Waals surface area (Å²) >= 11 is 3.40. The maximum Gasteiger partial charge on any atom is 0.00317 e. The van der Waals surface area contributed by atoms with Gasteiger partial charge in [0.25, 0.3) is 0 Å². The first-order valence-corrected chi connectivity index (χ1v) is 4.68. The van der Waals surface area contributed by atoms with Crippen LogP contribution in [-0.2, 0) is 0 Å². The molecule has 0 N–H and O–H groups in total. The van der Waals surface area contributed by atoms with Gasteiger partial charge in [-0.3, -0.25) is 0 Å². The van der Waals surface area contributed by atoms with E-state index in [1.807, 2.05) is 0 Å². The first kappa shape index (κ1) is 9.44. The van der Waals surface area contributed by atoms with Gasteiger partial charge in [-0.1, -0.05) is 22.9 Å². The van der Waals surface area contributed by atoms with E-state index in [1.54, 1.807) is 0 Å². The SMILES string of the molecule is CCN(C)CCCCBr. The number of hydrogen-bond acceptors (Lipinski definition) is 1. The third-order valence-electron chi connectivity index (χ3n) is 1.46. The van der Waals surface area contributed by atoms with Crippen molar-refractivity contribution in [3.05, 3.63) is 0 Å². The Morgan fingerprint density at radius 1 is 1.33 bits per heavy atom. The van der Waals surface area contributed by atoms with Crippen LogP contribution in [0.4, 0.5) is 0 Å². The second kappa shape index (κ2) is 6.56. The van der Waals surface area contributed by atoms with Crippen LogP contribution in [0.2, 0.25) is 0 Å². The molecule has 1 nitrogen and oxygen atoms in total. The molecule has 0 aliphatic carbocycles. The number of alkyl halides is 1. The van der Waals surface area contributed by atoms with Crippen molar-refractivity contribution in [3.63, 3.8) is 0 Å². The van der Waals surface area contributed by atoms with Gasteiger partial charge in [-0.15, -0.1) is 0 Å². The molecule has 0 aliphatic heterocycles. The van der Waals surface area contributed by atoms with Crippen molar-refractivity contribution in [2.24, 2.45) is 0 Å². The standard InChI is InChI=1S/C7H16BrN/c1-3-9(2)7-5-4-6-8/h3-7H2,1-2H3. The molecular weight excluding hydrogens is 178 g/mol. The Morgan fingerprint density at radius 3 is 2.44 bits per heavy atom. The van der Waals surface area contributed by atoms with E-state index in [4.69, 9.17) is 0 Å². The molecule has 0 heterocycles. The largest absolute Gasteiger partial charge is 0.307 e. The second-order valence-electron chi connectivity index (χ2n) is 2.29. The monoisotopic (exact) mass is 193 g/mol. The predicted octanol–water partition coefficient (Wildman–Crippen LogP) is 2.11. The third-order valence-corrected chi connectivity index (χ3v) is 2.02. The molecule has 0 atom stereocenters. The summed E-state index contributed by atoms with van der Waals surface area (Å²) in [7, 11) is 2.16. The van der Waals surface area contributed by atoms with Crippen LogP contribution >= 0.6 is 15.9 Å². The van der Waals surface area contributed by atoms with Gasteiger partial charge in [-0.05, 0) is 33.0 Å². The number of rotatable bonds is 5. The Labute approximate surface area is 66.6 Å².